The number of nitrogens with one attached hydrogen (secondary N) is 1. The number of piperidine rings is 2. The number of aliphatic imine (C=N–C) groups is 1. The van der Waals surface area contributed by atoms with Crippen LogP contribution in [0.4, 0.5) is 0 Å². The standard InChI is InChI=1S/C22H37ClN4O3S/c1-2-13-31(28,29)27-10-5-20(6-11-27)30-12-7-18-14-21(18)17-3-8-26(9-4-17)22-24-15-19(23)16-25-22/h15,17-18,20-21H,2-14,16H2,1H3,(H,24,25)/t18-,21-/m1/s1. The third-order valence-electron chi connectivity index (χ3n) is 7.26. The molecule has 0 aromatic rings. The van der Waals surface area contributed by atoms with Crippen molar-refractivity contribution < 1.29 is 13.2 Å². The molecule has 0 bridgehead atoms. The molecule has 7 nitrogen and oxygen atoms in total. The number of halogens is 1. The Labute approximate surface area is 192 Å². The van der Waals surface area contributed by atoms with E-state index in [9.17, 15) is 8.42 Å². The van der Waals surface area contributed by atoms with E-state index in [1.54, 1.807) is 10.5 Å². The van der Waals surface area contributed by atoms with E-state index in [2.05, 4.69) is 15.2 Å². The number of ether oxygens (including phenoxy) is 1. The SMILES string of the molecule is CCCS(=O)(=O)N1CCC(OCC[C@@H]2C[C@@H]2C2CCN(C3=NC=C(Cl)CN3)CC2)CC1. The van der Waals surface area contributed by atoms with E-state index in [4.69, 9.17) is 16.3 Å². The molecule has 176 valence electrons. The molecule has 3 heterocycles. The summed E-state index contributed by atoms with van der Waals surface area (Å²) in [6, 6.07) is 0. The second-order valence-electron chi connectivity index (χ2n) is 9.44. The second kappa shape index (κ2) is 10.4. The van der Waals surface area contributed by atoms with Gasteiger partial charge in [0.25, 0.3) is 0 Å². The topological polar surface area (TPSA) is 74.2 Å². The Bertz CT molecular complexity index is 772. The van der Waals surface area contributed by atoms with Crippen molar-refractivity contribution >= 4 is 27.6 Å². The highest BCUT2D eigenvalue weighted by Crippen LogP contribution is 2.49. The number of rotatable bonds is 8. The molecule has 0 radical (unpaired) electrons. The number of sulfonamides is 1. The summed E-state index contributed by atoms with van der Waals surface area (Å²) < 4.78 is 32.1. The van der Waals surface area contributed by atoms with Gasteiger partial charge < -0.3 is 15.0 Å². The highest BCUT2D eigenvalue weighted by Gasteiger charge is 2.43. The molecule has 0 aromatic heterocycles. The van der Waals surface area contributed by atoms with Crippen LogP contribution < -0.4 is 5.32 Å². The van der Waals surface area contributed by atoms with Gasteiger partial charge in [0.15, 0.2) is 5.96 Å². The van der Waals surface area contributed by atoms with Crippen molar-refractivity contribution in [2.24, 2.45) is 22.7 Å². The smallest absolute Gasteiger partial charge is 0.214 e. The number of likely N-dealkylation sites (tertiary alicyclic amines) is 1. The zero-order chi connectivity index (χ0) is 21.8. The summed E-state index contributed by atoms with van der Waals surface area (Å²) in [6.45, 7) is 6.78. The van der Waals surface area contributed by atoms with E-state index in [-0.39, 0.29) is 11.9 Å². The Morgan fingerprint density at radius 3 is 2.58 bits per heavy atom. The molecule has 9 heteroatoms. The first-order chi connectivity index (χ1) is 15.0. The van der Waals surface area contributed by atoms with Gasteiger partial charge in [-0.2, -0.15) is 0 Å². The average molecular weight is 473 g/mol. The van der Waals surface area contributed by atoms with Gasteiger partial charge in [0.05, 0.1) is 23.4 Å². The van der Waals surface area contributed by atoms with Crippen molar-refractivity contribution in [3.05, 3.63) is 11.2 Å². The second-order valence-corrected chi connectivity index (χ2v) is 12.0. The number of hydrogen-bond donors (Lipinski definition) is 1. The molecule has 1 aliphatic carbocycles. The van der Waals surface area contributed by atoms with Gasteiger partial charge in [0, 0.05) is 39.0 Å². The minimum Gasteiger partial charge on any atom is -0.378 e. The Morgan fingerprint density at radius 1 is 1.19 bits per heavy atom. The van der Waals surface area contributed by atoms with Crippen LogP contribution in [0.3, 0.4) is 0 Å². The summed E-state index contributed by atoms with van der Waals surface area (Å²) in [6.07, 6.45) is 9.29. The lowest BCUT2D eigenvalue weighted by atomic mass is 9.90. The van der Waals surface area contributed by atoms with Crippen molar-refractivity contribution in [2.75, 3.05) is 45.1 Å². The zero-order valence-corrected chi connectivity index (χ0v) is 20.2. The minimum atomic E-state index is -3.06. The predicted molar refractivity (Wildman–Crippen MR) is 125 cm³/mol. The molecule has 3 fully saturated rings. The molecule has 1 N–H and O–H groups in total. The van der Waals surface area contributed by atoms with Crippen molar-refractivity contribution in [3.8, 4) is 0 Å². The lowest BCUT2D eigenvalue weighted by Gasteiger charge is -2.35. The molecular formula is C22H37ClN4O3S. The quantitative estimate of drug-likeness (QED) is 0.587. The average Bonchev–Trinajstić information content (AvgIpc) is 3.54. The number of nitrogens with zero attached hydrogens (tertiary/aromatic N) is 3. The monoisotopic (exact) mass is 472 g/mol. The van der Waals surface area contributed by atoms with Crippen LogP contribution >= 0.6 is 11.6 Å². The molecular weight excluding hydrogens is 436 g/mol. The summed E-state index contributed by atoms with van der Waals surface area (Å²) in [5.74, 6) is 3.74. The van der Waals surface area contributed by atoms with E-state index in [1.807, 2.05) is 6.92 Å². The van der Waals surface area contributed by atoms with Crippen LogP contribution in [0.15, 0.2) is 16.2 Å². The summed E-state index contributed by atoms with van der Waals surface area (Å²) in [5, 5.41) is 4.06. The van der Waals surface area contributed by atoms with Crippen LogP contribution in [0.2, 0.25) is 0 Å². The summed E-state index contributed by atoms with van der Waals surface area (Å²) in [5.41, 5.74) is 0. The molecule has 0 spiro atoms. The fourth-order valence-corrected chi connectivity index (χ4v) is 7.01. The fraction of sp³-hybridized carbons (Fsp3) is 0.864. The van der Waals surface area contributed by atoms with E-state index in [0.29, 0.717) is 26.1 Å². The van der Waals surface area contributed by atoms with Crippen LogP contribution in [0, 0.1) is 17.8 Å². The van der Waals surface area contributed by atoms with Crippen molar-refractivity contribution in [1.82, 2.24) is 14.5 Å². The van der Waals surface area contributed by atoms with Crippen LogP contribution in [0.1, 0.15) is 51.9 Å². The fourth-order valence-electron chi connectivity index (χ4n) is 5.35. The molecule has 4 aliphatic rings. The van der Waals surface area contributed by atoms with Gasteiger partial charge in [0.2, 0.25) is 10.0 Å². The van der Waals surface area contributed by atoms with Crippen molar-refractivity contribution in [2.45, 2.75) is 58.0 Å². The van der Waals surface area contributed by atoms with Crippen molar-refractivity contribution in [1.29, 1.82) is 0 Å². The van der Waals surface area contributed by atoms with Crippen molar-refractivity contribution in [3.63, 3.8) is 0 Å². The first-order valence-electron chi connectivity index (χ1n) is 12.0. The van der Waals surface area contributed by atoms with Crippen LogP contribution in [0.25, 0.3) is 0 Å². The van der Waals surface area contributed by atoms with Crippen LogP contribution in [-0.2, 0) is 14.8 Å². The largest absolute Gasteiger partial charge is 0.378 e. The van der Waals surface area contributed by atoms with E-state index in [1.165, 1.54) is 19.3 Å². The summed E-state index contributed by atoms with van der Waals surface area (Å²) in [4.78, 5) is 6.78. The molecule has 0 amide bonds. The predicted octanol–water partition coefficient (Wildman–Crippen LogP) is 2.98. The van der Waals surface area contributed by atoms with E-state index < -0.39 is 10.0 Å². The highest BCUT2D eigenvalue weighted by molar-refractivity contribution is 7.89. The molecule has 0 unspecified atom stereocenters. The van der Waals surface area contributed by atoms with Gasteiger partial charge >= 0.3 is 0 Å². The molecule has 31 heavy (non-hydrogen) atoms. The molecule has 2 atom stereocenters. The van der Waals surface area contributed by atoms with Gasteiger partial charge in [-0.3, -0.25) is 0 Å². The molecule has 0 aromatic carbocycles. The third-order valence-corrected chi connectivity index (χ3v) is 9.57. The van der Waals surface area contributed by atoms with Gasteiger partial charge in [-0.05, 0) is 62.7 Å². The first-order valence-corrected chi connectivity index (χ1v) is 14.0. The summed E-state index contributed by atoms with van der Waals surface area (Å²) in [7, 11) is -3.06. The Balaban J connectivity index is 1.10. The van der Waals surface area contributed by atoms with Gasteiger partial charge in [-0.1, -0.05) is 18.5 Å². The Morgan fingerprint density at radius 2 is 1.94 bits per heavy atom. The molecule has 2 saturated heterocycles. The molecule has 1 saturated carbocycles. The van der Waals surface area contributed by atoms with E-state index in [0.717, 1.165) is 67.7 Å². The number of guanidine groups is 1. The maximum absolute atomic E-state index is 12.2. The maximum atomic E-state index is 12.2. The lowest BCUT2D eigenvalue weighted by Crippen LogP contribution is -2.47. The molecule has 4 rings (SSSR count). The zero-order valence-electron chi connectivity index (χ0n) is 18.6. The van der Waals surface area contributed by atoms with Crippen LogP contribution in [-0.4, -0.2) is 74.8 Å². The Hall–Kier alpha value is -0.830. The minimum absolute atomic E-state index is 0.222. The van der Waals surface area contributed by atoms with E-state index >= 15 is 0 Å². The Kier molecular flexibility index (Phi) is 7.83. The lowest BCUT2D eigenvalue weighted by molar-refractivity contribution is 0.0173. The summed E-state index contributed by atoms with van der Waals surface area (Å²) >= 11 is 5.97. The highest BCUT2D eigenvalue weighted by atomic mass is 35.5. The maximum Gasteiger partial charge on any atom is 0.214 e. The van der Waals surface area contributed by atoms with Crippen LogP contribution in [0.5, 0.6) is 0 Å². The number of hydrogen-bond acceptors (Lipinski definition) is 6. The van der Waals surface area contributed by atoms with Gasteiger partial charge in [0.1, 0.15) is 0 Å². The first kappa shape index (κ1) is 23.3. The van der Waals surface area contributed by atoms with Gasteiger partial charge in [-0.15, -0.1) is 0 Å². The normalized spacial score (nSPS) is 28.8. The van der Waals surface area contributed by atoms with Gasteiger partial charge in [-0.25, -0.2) is 17.7 Å². The molecule has 3 aliphatic heterocycles. The third kappa shape index (κ3) is 6.15.